The molecule has 0 amide bonds. The second-order valence-electron chi connectivity index (χ2n) is 7.66. The summed E-state index contributed by atoms with van der Waals surface area (Å²) in [5.74, 6) is 0. The van der Waals surface area contributed by atoms with Crippen molar-refractivity contribution in [3.05, 3.63) is 54.1 Å². The van der Waals surface area contributed by atoms with Gasteiger partial charge < -0.3 is 10.0 Å². The van der Waals surface area contributed by atoms with Crippen molar-refractivity contribution >= 4 is 28.3 Å². The first-order valence-electron chi connectivity index (χ1n) is 9.71. The summed E-state index contributed by atoms with van der Waals surface area (Å²) in [6.07, 6.45) is -4.81. The second kappa shape index (κ2) is 8.94. The van der Waals surface area contributed by atoms with E-state index in [4.69, 9.17) is 0 Å². The summed E-state index contributed by atoms with van der Waals surface area (Å²) in [5, 5.41) is 19.1. The van der Waals surface area contributed by atoms with Crippen LogP contribution in [0.15, 0.2) is 58.3 Å². The third kappa shape index (κ3) is 4.59. The van der Waals surface area contributed by atoms with Gasteiger partial charge >= 0.3 is 6.18 Å². The minimum atomic E-state index is -4.83. The Labute approximate surface area is 190 Å². The zero-order chi connectivity index (χ0) is 23.7. The number of thiol groups is 1. The smallest absolute Gasteiger partial charge is 0.376 e. The Morgan fingerprint density at radius 1 is 1.16 bits per heavy atom. The molecule has 172 valence electrons. The fourth-order valence-electron chi connectivity index (χ4n) is 3.62. The van der Waals surface area contributed by atoms with Crippen molar-refractivity contribution in [3.63, 3.8) is 0 Å². The van der Waals surface area contributed by atoms with E-state index < -0.39 is 27.8 Å². The Bertz CT molecular complexity index is 1110. The van der Waals surface area contributed by atoms with Crippen LogP contribution in [0.4, 0.5) is 18.9 Å². The van der Waals surface area contributed by atoms with Crippen molar-refractivity contribution in [1.29, 1.82) is 5.26 Å². The van der Waals surface area contributed by atoms with Crippen molar-refractivity contribution in [1.82, 2.24) is 4.31 Å². The zero-order valence-electron chi connectivity index (χ0n) is 17.1. The number of alkyl halides is 3. The fourth-order valence-corrected chi connectivity index (χ4v) is 5.68. The Balaban J connectivity index is 1.85. The molecule has 0 saturated carbocycles. The van der Waals surface area contributed by atoms with E-state index in [0.29, 0.717) is 17.5 Å². The lowest BCUT2D eigenvalue weighted by Gasteiger charge is -2.41. The molecule has 0 aromatic heterocycles. The molecule has 1 fully saturated rings. The van der Waals surface area contributed by atoms with E-state index in [1.165, 1.54) is 34.6 Å². The molecule has 2 aromatic carbocycles. The van der Waals surface area contributed by atoms with Gasteiger partial charge in [0.2, 0.25) is 10.0 Å². The summed E-state index contributed by atoms with van der Waals surface area (Å²) in [6.45, 7) is 1.10. The Hall–Kier alpha value is -2.26. The lowest BCUT2D eigenvalue weighted by Crippen LogP contribution is -2.54. The molecule has 2 aromatic rings. The fraction of sp³-hybridized carbons (Fsp3) is 0.381. The van der Waals surface area contributed by atoms with Gasteiger partial charge in [-0.15, -0.1) is 12.6 Å². The van der Waals surface area contributed by atoms with Gasteiger partial charge in [0.15, 0.2) is 5.60 Å². The Morgan fingerprint density at radius 3 is 2.34 bits per heavy atom. The summed E-state index contributed by atoms with van der Waals surface area (Å²) in [5.41, 5.74) is -2.76. The highest BCUT2D eigenvalue weighted by molar-refractivity contribution is 7.90. The Morgan fingerprint density at radius 2 is 1.78 bits per heavy atom. The van der Waals surface area contributed by atoms with E-state index in [1.807, 2.05) is 6.07 Å². The van der Waals surface area contributed by atoms with E-state index in [2.05, 4.69) is 12.6 Å². The maximum Gasteiger partial charge on any atom is 0.421 e. The average Bonchev–Trinajstić information content (AvgIpc) is 2.73. The van der Waals surface area contributed by atoms with Gasteiger partial charge in [-0.25, -0.2) is 8.42 Å². The largest absolute Gasteiger partial charge is 0.421 e. The summed E-state index contributed by atoms with van der Waals surface area (Å²) < 4.78 is 66.8. The lowest BCUT2D eigenvalue weighted by molar-refractivity contribution is -0.258. The number of nitriles is 1. The molecular weight excluding hydrogens is 463 g/mol. The highest BCUT2D eigenvalue weighted by atomic mass is 32.2. The predicted octanol–water partition coefficient (Wildman–Crippen LogP) is 3.54. The number of benzene rings is 2. The van der Waals surface area contributed by atoms with Crippen LogP contribution in [-0.2, 0) is 15.6 Å². The number of anilines is 1. The third-order valence-electron chi connectivity index (χ3n) is 5.57. The molecular formula is C21H22F3N3O3S2. The molecule has 1 aliphatic rings. The van der Waals surface area contributed by atoms with Crippen LogP contribution in [0.5, 0.6) is 0 Å². The molecule has 11 heteroatoms. The molecule has 0 spiro atoms. The van der Waals surface area contributed by atoms with Crippen LogP contribution < -0.4 is 4.90 Å². The quantitative estimate of drug-likeness (QED) is 0.633. The van der Waals surface area contributed by atoms with Crippen LogP contribution in [0, 0.1) is 11.3 Å². The molecule has 6 nitrogen and oxygen atoms in total. The summed E-state index contributed by atoms with van der Waals surface area (Å²) >= 11 is 4.23. The predicted molar refractivity (Wildman–Crippen MR) is 116 cm³/mol. The third-order valence-corrected chi connectivity index (χ3v) is 8.03. The molecule has 0 unspecified atom stereocenters. The maximum absolute atomic E-state index is 13.1. The zero-order valence-corrected chi connectivity index (χ0v) is 18.8. The van der Waals surface area contributed by atoms with Crippen LogP contribution in [-0.4, -0.2) is 49.7 Å². The highest BCUT2D eigenvalue weighted by Crippen LogP contribution is 2.39. The van der Waals surface area contributed by atoms with Gasteiger partial charge in [0.05, 0.1) is 23.4 Å². The van der Waals surface area contributed by atoms with E-state index in [-0.39, 0.29) is 36.5 Å². The van der Waals surface area contributed by atoms with Gasteiger partial charge in [0.25, 0.3) is 0 Å². The molecule has 0 aliphatic carbocycles. The topological polar surface area (TPSA) is 84.6 Å². The molecule has 1 heterocycles. The molecule has 0 bridgehead atoms. The molecule has 0 radical (unpaired) electrons. The van der Waals surface area contributed by atoms with Crippen LogP contribution in [0.1, 0.15) is 18.9 Å². The number of piperazine rings is 1. The first-order chi connectivity index (χ1) is 14.9. The number of aliphatic hydroxyl groups is 1. The molecule has 1 saturated heterocycles. The van der Waals surface area contributed by atoms with Crippen LogP contribution in [0.25, 0.3) is 0 Å². The van der Waals surface area contributed by atoms with E-state index in [1.54, 1.807) is 23.1 Å². The van der Waals surface area contributed by atoms with Crippen molar-refractivity contribution in [2.24, 2.45) is 0 Å². The number of nitrogens with zero attached hydrogens (tertiary/aromatic N) is 3. The standard InChI is InChI=1S/C21H22F3N3O3S2/c1-20(28,21(22,23)24)15-6-8-16(9-7-15)27-13-12-26(14-17(27)10-11-25)32(29,30)19-5-3-2-4-18(19)31/h2-9,17,28,31H,10,12-14H2,1H3/t17-,20-/m1/s1. The molecule has 32 heavy (non-hydrogen) atoms. The van der Waals surface area contributed by atoms with Gasteiger partial charge in [0.1, 0.15) is 0 Å². The summed E-state index contributed by atoms with van der Waals surface area (Å²) in [4.78, 5) is 2.19. The van der Waals surface area contributed by atoms with Gasteiger partial charge in [-0.1, -0.05) is 24.3 Å². The van der Waals surface area contributed by atoms with E-state index >= 15 is 0 Å². The maximum atomic E-state index is 13.1. The Kier molecular flexibility index (Phi) is 6.81. The SMILES string of the molecule is C[C@@](O)(c1ccc(N2CCN(S(=O)(=O)c3ccccc3S)C[C@H]2CC#N)cc1)C(F)(F)F. The van der Waals surface area contributed by atoms with Crippen molar-refractivity contribution in [2.75, 3.05) is 24.5 Å². The molecule has 3 rings (SSSR count). The summed E-state index contributed by atoms with van der Waals surface area (Å²) in [7, 11) is -3.83. The number of halogens is 3. The molecule has 1 N–H and O–H groups in total. The van der Waals surface area contributed by atoms with E-state index in [0.717, 1.165) is 0 Å². The molecule has 1 aliphatic heterocycles. The van der Waals surface area contributed by atoms with Crippen LogP contribution >= 0.6 is 12.6 Å². The molecule has 2 atom stereocenters. The van der Waals surface area contributed by atoms with Crippen molar-refractivity contribution in [2.45, 2.75) is 41.0 Å². The first-order valence-corrected chi connectivity index (χ1v) is 11.6. The van der Waals surface area contributed by atoms with Gasteiger partial charge in [-0.05, 0) is 36.8 Å². The highest BCUT2D eigenvalue weighted by Gasteiger charge is 2.51. The van der Waals surface area contributed by atoms with E-state index in [9.17, 15) is 32.0 Å². The summed E-state index contributed by atoms with van der Waals surface area (Å²) in [6, 6.07) is 13.1. The average molecular weight is 486 g/mol. The van der Waals surface area contributed by atoms with Gasteiger partial charge in [0, 0.05) is 30.2 Å². The normalized spacial score (nSPS) is 19.9. The van der Waals surface area contributed by atoms with Crippen molar-refractivity contribution < 1.29 is 26.7 Å². The first kappa shape index (κ1) is 24.4. The number of rotatable bonds is 5. The van der Waals surface area contributed by atoms with Crippen LogP contribution in [0.2, 0.25) is 0 Å². The van der Waals surface area contributed by atoms with Gasteiger partial charge in [-0.2, -0.15) is 22.7 Å². The van der Waals surface area contributed by atoms with Crippen LogP contribution in [0.3, 0.4) is 0 Å². The van der Waals surface area contributed by atoms with Crippen molar-refractivity contribution in [3.8, 4) is 6.07 Å². The number of sulfonamides is 1. The number of hydrogen-bond donors (Lipinski definition) is 2. The minimum absolute atomic E-state index is 0.0244. The van der Waals surface area contributed by atoms with Gasteiger partial charge in [-0.3, -0.25) is 0 Å². The number of hydrogen-bond acceptors (Lipinski definition) is 6. The minimum Gasteiger partial charge on any atom is -0.376 e. The monoisotopic (exact) mass is 485 g/mol. The lowest BCUT2D eigenvalue weighted by atomic mass is 9.95. The second-order valence-corrected chi connectivity index (χ2v) is 10.0.